The predicted octanol–water partition coefficient (Wildman–Crippen LogP) is 4.26. The van der Waals surface area contributed by atoms with Gasteiger partial charge in [0.1, 0.15) is 11.5 Å². The Morgan fingerprint density at radius 2 is 1.83 bits per heavy atom. The number of ether oxygens (including phenoxy) is 2. The number of amides is 1. The standard InChI is InChI=1S/C19H22ClNO3/c1-5-23-17-8-6-7-14(10-17)15-9-16(20)12-18(11-15)24-13(2)19(22)21(3)4/h6-13H,5H2,1-4H3. The summed E-state index contributed by atoms with van der Waals surface area (Å²) in [7, 11) is 3.40. The molecule has 0 aliphatic rings. The van der Waals surface area contributed by atoms with E-state index < -0.39 is 6.10 Å². The summed E-state index contributed by atoms with van der Waals surface area (Å²) in [6, 6.07) is 13.2. The van der Waals surface area contributed by atoms with Crippen molar-refractivity contribution in [2.24, 2.45) is 0 Å². The largest absolute Gasteiger partial charge is 0.494 e. The number of hydrogen-bond acceptors (Lipinski definition) is 3. The zero-order chi connectivity index (χ0) is 17.7. The molecule has 4 nitrogen and oxygen atoms in total. The molecule has 2 aromatic carbocycles. The van der Waals surface area contributed by atoms with Gasteiger partial charge in [-0.05, 0) is 55.3 Å². The summed E-state index contributed by atoms with van der Waals surface area (Å²) in [5.41, 5.74) is 1.88. The fourth-order valence-electron chi connectivity index (χ4n) is 2.35. The van der Waals surface area contributed by atoms with Crippen LogP contribution in [-0.4, -0.2) is 37.6 Å². The van der Waals surface area contributed by atoms with Gasteiger partial charge in [0.2, 0.25) is 0 Å². The molecule has 1 unspecified atom stereocenters. The van der Waals surface area contributed by atoms with Gasteiger partial charge in [-0.25, -0.2) is 0 Å². The van der Waals surface area contributed by atoms with Gasteiger partial charge in [-0.1, -0.05) is 23.7 Å². The summed E-state index contributed by atoms with van der Waals surface area (Å²) in [6.45, 7) is 4.28. The van der Waals surface area contributed by atoms with Crippen LogP contribution in [0.2, 0.25) is 5.02 Å². The maximum Gasteiger partial charge on any atom is 0.262 e. The Hall–Kier alpha value is -2.20. The van der Waals surface area contributed by atoms with Crippen molar-refractivity contribution in [2.75, 3.05) is 20.7 Å². The van der Waals surface area contributed by atoms with Crippen molar-refractivity contribution in [3.63, 3.8) is 0 Å². The maximum absolute atomic E-state index is 12.0. The van der Waals surface area contributed by atoms with Gasteiger partial charge < -0.3 is 14.4 Å². The van der Waals surface area contributed by atoms with Crippen LogP contribution in [0.4, 0.5) is 0 Å². The third-order valence-corrected chi connectivity index (χ3v) is 3.67. The molecule has 1 atom stereocenters. The van der Waals surface area contributed by atoms with Crippen LogP contribution in [-0.2, 0) is 4.79 Å². The van der Waals surface area contributed by atoms with Crippen LogP contribution in [0.5, 0.6) is 11.5 Å². The van der Waals surface area contributed by atoms with Crippen LogP contribution in [0.15, 0.2) is 42.5 Å². The topological polar surface area (TPSA) is 38.8 Å². The Morgan fingerprint density at radius 1 is 1.12 bits per heavy atom. The van der Waals surface area contributed by atoms with E-state index in [0.29, 0.717) is 17.4 Å². The molecule has 0 aliphatic carbocycles. The van der Waals surface area contributed by atoms with Crippen molar-refractivity contribution < 1.29 is 14.3 Å². The second-order valence-electron chi connectivity index (χ2n) is 5.63. The summed E-state index contributed by atoms with van der Waals surface area (Å²) in [4.78, 5) is 13.5. The third kappa shape index (κ3) is 4.65. The van der Waals surface area contributed by atoms with Crippen molar-refractivity contribution in [1.82, 2.24) is 4.90 Å². The van der Waals surface area contributed by atoms with E-state index in [-0.39, 0.29) is 5.91 Å². The normalized spacial score (nSPS) is 11.7. The van der Waals surface area contributed by atoms with Gasteiger partial charge in [-0.2, -0.15) is 0 Å². The van der Waals surface area contributed by atoms with Gasteiger partial charge in [0.25, 0.3) is 5.91 Å². The first-order chi connectivity index (χ1) is 11.4. The number of carbonyl (C=O) groups is 1. The van der Waals surface area contributed by atoms with Gasteiger partial charge in [-0.3, -0.25) is 4.79 Å². The van der Waals surface area contributed by atoms with Gasteiger partial charge in [-0.15, -0.1) is 0 Å². The van der Waals surface area contributed by atoms with E-state index in [1.807, 2.05) is 43.3 Å². The van der Waals surface area contributed by atoms with Crippen molar-refractivity contribution in [3.8, 4) is 22.6 Å². The molecule has 0 aromatic heterocycles. The second-order valence-corrected chi connectivity index (χ2v) is 6.07. The van der Waals surface area contributed by atoms with Crippen LogP contribution < -0.4 is 9.47 Å². The lowest BCUT2D eigenvalue weighted by molar-refractivity contribution is -0.135. The first-order valence-corrected chi connectivity index (χ1v) is 8.20. The minimum absolute atomic E-state index is 0.102. The summed E-state index contributed by atoms with van der Waals surface area (Å²) in [6.07, 6.45) is -0.582. The molecule has 0 radical (unpaired) electrons. The molecule has 0 fully saturated rings. The minimum atomic E-state index is -0.582. The lowest BCUT2D eigenvalue weighted by Crippen LogP contribution is -2.35. The molecule has 0 N–H and O–H groups in total. The molecule has 0 heterocycles. The van der Waals surface area contributed by atoms with E-state index in [4.69, 9.17) is 21.1 Å². The molecular weight excluding hydrogens is 326 g/mol. The van der Waals surface area contributed by atoms with Gasteiger partial charge in [0.05, 0.1) is 6.61 Å². The molecule has 2 aromatic rings. The molecule has 0 saturated heterocycles. The zero-order valence-corrected chi connectivity index (χ0v) is 15.1. The molecule has 0 aliphatic heterocycles. The molecule has 1 amide bonds. The minimum Gasteiger partial charge on any atom is -0.494 e. The fraction of sp³-hybridized carbons (Fsp3) is 0.316. The summed E-state index contributed by atoms with van der Waals surface area (Å²) >= 11 is 6.22. The molecule has 128 valence electrons. The monoisotopic (exact) mass is 347 g/mol. The Labute approximate surface area is 147 Å². The summed E-state index contributed by atoms with van der Waals surface area (Å²) in [5, 5.41) is 0.550. The summed E-state index contributed by atoms with van der Waals surface area (Å²) in [5.74, 6) is 1.26. The van der Waals surface area contributed by atoms with Gasteiger partial charge in [0, 0.05) is 19.1 Å². The van der Waals surface area contributed by atoms with Crippen molar-refractivity contribution in [3.05, 3.63) is 47.5 Å². The van der Waals surface area contributed by atoms with Crippen LogP contribution in [0.3, 0.4) is 0 Å². The average Bonchev–Trinajstić information content (AvgIpc) is 2.54. The molecule has 0 spiro atoms. The maximum atomic E-state index is 12.0. The molecule has 0 saturated carbocycles. The van der Waals surface area contributed by atoms with Crippen molar-refractivity contribution >= 4 is 17.5 Å². The highest BCUT2D eigenvalue weighted by atomic mass is 35.5. The molecular formula is C19H22ClNO3. The Kier molecular flexibility index (Phi) is 6.10. The Bertz CT molecular complexity index is 716. The number of rotatable bonds is 6. The van der Waals surface area contributed by atoms with Crippen LogP contribution in [0.1, 0.15) is 13.8 Å². The van der Waals surface area contributed by atoms with E-state index in [0.717, 1.165) is 16.9 Å². The Morgan fingerprint density at radius 3 is 2.50 bits per heavy atom. The number of benzene rings is 2. The average molecular weight is 348 g/mol. The van der Waals surface area contributed by atoms with Crippen molar-refractivity contribution in [2.45, 2.75) is 20.0 Å². The molecule has 2 rings (SSSR count). The second kappa shape index (κ2) is 8.06. The molecule has 5 heteroatoms. The number of nitrogens with zero attached hydrogens (tertiary/aromatic N) is 1. The lowest BCUT2D eigenvalue weighted by atomic mass is 10.1. The van der Waals surface area contributed by atoms with E-state index in [1.54, 1.807) is 27.1 Å². The zero-order valence-electron chi connectivity index (χ0n) is 14.4. The number of hydrogen-bond donors (Lipinski definition) is 0. The van der Waals surface area contributed by atoms with Crippen LogP contribution >= 0.6 is 11.6 Å². The first kappa shape index (κ1) is 18.1. The van der Waals surface area contributed by atoms with Gasteiger partial charge >= 0.3 is 0 Å². The van der Waals surface area contributed by atoms with E-state index in [2.05, 4.69) is 0 Å². The van der Waals surface area contributed by atoms with E-state index >= 15 is 0 Å². The quantitative estimate of drug-likeness (QED) is 0.783. The van der Waals surface area contributed by atoms with E-state index in [1.165, 1.54) is 4.90 Å². The first-order valence-electron chi connectivity index (χ1n) is 7.82. The van der Waals surface area contributed by atoms with Crippen LogP contribution in [0.25, 0.3) is 11.1 Å². The number of halogens is 1. The van der Waals surface area contributed by atoms with Gasteiger partial charge in [0.15, 0.2) is 6.10 Å². The van der Waals surface area contributed by atoms with Crippen LogP contribution in [0, 0.1) is 0 Å². The smallest absolute Gasteiger partial charge is 0.262 e. The highest BCUT2D eigenvalue weighted by molar-refractivity contribution is 6.31. The predicted molar refractivity (Wildman–Crippen MR) is 96.8 cm³/mol. The number of carbonyl (C=O) groups excluding carboxylic acids is 1. The third-order valence-electron chi connectivity index (χ3n) is 3.45. The molecule has 0 bridgehead atoms. The van der Waals surface area contributed by atoms with Crippen molar-refractivity contribution in [1.29, 1.82) is 0 Å². The highest BCUT2D eigenvalue weighted by Gasteiger charge is 2.17. The molecule has 24 heavy (non-hydrogen) atoms. The highest BCUT2D eigenvalue weighted by Crippen LogP contribution is 2.31. The fourth-order valence-corrected chi connectivity index (χ4v) is 2.57. The number of likely N-dealkylation sites (N-methyl/N-ethyl adjacent to an activating group) is 1. The summed E-state index contributed by atoms with van der Waals surface area (Å²) < 4.78 is 11.3. The lowest BCUT2D eigenvalue weighted by Gasteiger charge is -2.19. The SMILES string of the molecule is CCOc1cccc(-c2cc(Cl)cc(OC(C)C(=O)N(C)C)c2)c1. The van der Waals surface area contributed by atoms with E-state index in [9.17, 15) is 4.79 Å². The Balaban J connectivity index is 2.28.